The predicted octanol–water partition coefficient (Wildman–Crippen LogP) is 4.52. The van der Waals surface area contributed by atoms with Gasteiger partial charge in [0.05, 0.1) is 17.3 Å². The van der Waals surface area contributed by atoms with Gasteiger partial charge in [0.1, 0.15) is 0 Å². The molecule has 0 fully saturated rings. The predicted molar refractivity (Wildman–Crippen MR) is 97.4 cm³/mol. The highest BCUT2D eigenvalue weighted by Crippen LogP contribution is 2.24. The van der Waals surface area contributed by atoms with Gasteiger partial charge in [-0.2, -0.15) is 0 Å². The number of carbonyl (C=O) groups is 1. The molecular formula is C19H18N2O2S. The number of benzene rings is 2. The van der Waals surface area contributed by atoms with Crippen LogP contribution >= 0.6 is 11.3 Å². The van der Waals surface area contributed by atoms with E-state index in [0.717, 1.165) is 27.5 Å². The van der Waals surface area contributed by atoms with Crippen molar-refractivity contribution in [2.45, 2.75) is 13.5 Å². The number of rotatable bonds is 5. The average Bonchev–Trinajstić information content (AvgIpc) is 3.02. The van der Waals surface area contributed by atoms with E-state index in [1.54, 1.807) is 24.5 Å². The maximum Gasteiger partial charge on any atom is 0.256 e. The number of ether oxygens (including phenoxy) is 1. The molecule has 0 saturated heterocycles. The van der Waals surface area contributed by atoms with Crippen LogP contribution in [0, 0.1) is 6.92 Å². The molecule has 122 valence electrons. The van der Waals surface area contributed by atoms with Crippen LogP contribution in [0.2, 0.25) is 0 Å². The monoisotopic (exact) mass is 338 g/mol. The van der Waals surface area contributed by atoms with Crippen molar-refractivity contribution in [3.63, 3.8) is 0 Å². The Bertz CT molecular complexity index is 858. The first-order valence-electron chi connectivity index (χ1n) is 7.58. The first-order valence-corrected chi connectivity index (χ1v) is 8.46. The average molecular weight is 338 g/mol. The fraction of sp³-hybridized carbons (Fsp3) is 0.158. The number of methoxy groups -OCH3 is 1. The molecule has 0 aliphatic heterocycles. The van der Waals surface area contributed by atoms with Crippen molar-refractivity contribution < 1.29 is 9.53 Å². The summed E-state index contributed by atoms with van der Waals surface area (Å²) in [6.45, 7) is 2.38. The second kappa shape index (κ2) is 7.38. The quantitative estimate of drug-likeness (QED) is 0.744. The van der Waals surface area contributed by atoms with E-state index in [9.17, 15) is 4.79 Å². The Morgan fingerprint density at radius 1 is 1.21 bits per heavy atom. The SMILES string of the molecule is COCc1ccccc1C(=O)Nc1cccc(-c2csc(C)n2)c1. The van der Waals surface area contributed by atoms with Gasteiger partial charge in [-0.05, 0) is 30.7 Å². The van der Waals surface area contributed by atoms with Crippen LogP contribution in [0.3, 0.4) is 0 Å². The number of amides is 1. The number of carbonyl (C=O) groups excluding carboxylic acids is 1. The van der Waals surface area contributed by atoms with Crippen LogP contribution in [0.5, 0.6) is 0 Å². The molecule has 3 aromatic rings. The number of hydrogen-bond acceptors (Lipinski definition) is 4. The molecule has 1 N–H and O–H groups in total. The minimum absolute atomic E-state index is 0.144. The molecular weight excluding hydrogens is 320 g/mol. The third-order valence-electron chi connectivity index (χ3n) is 3.60. The van der Waals surface area contributed by atoms with E-state index >= 15 is 0 Å². The zero-order chi connectivity index (χ0) is 16.9. The Morgan fingerprint density at radius 2 is 2.04 bits per heavy atom. The fourth-order valence-corrected chi connectivity index (χ4v) is 3.10. The maximum atomic E-state index is 12.6. The summed E-state index contributed by atoms with van der Waals surface area (Å²) in [7, 11) is 1.62. The van der Waals surface area contributed by atoms with Crippen LogP contribution < -0.4 is 5.32 Å². The summed E-state index contributed by atoms with van der Waals surface area (Å²) in [6.07, 6.45) is 0. The summed E-state index contributed by atoms with van der Waals surface area (Å²) in [5.74, 6) is -0.144. The molecule has 1 heterocycles. The Kier molecular flexibility index (Phi) is 5.03. The lowest BCUT2D eigenvalue weighted by atomic mass is 10.1. The zero-order valence-corrected chi connectivity index (χ0v) is 14.4. The molecule has 0 aliphatic carbocycles. The highest BCUT2D eigenvalue weighted by atomic mass is 32.1. The first-order chi connectivity index (χ1) is 11.7. The Morgan fingerprint density at radius 3 is 2.79 bits per heavy atom. The number of thiazole rings is 1. The minimum Gasteiger partial charge on any atom is -0.380 e. The lowest BCUT2D eigenvalue weighted by molar-refractivity contribution is 0.102. The van der Waals surface area contributed by atoms with E-state index in [1.807, 2.05) is 54.8 Å². The van der Waals surface area contributed by atoms with Crippen molar-refractivity contribution in [2.75, 3.05) is 12.4 Å². The Labute approximate surface area is 145 Å². The van der Waals surface area contributed by atoms with Crippen LogP contribution in [0.15, 0.2) is 53.9 Å². The Hall–Kier alpha value is -2.50. The van der Waals surface area contributed by atoms with Gasteiger partial charge in [-0.3, -0.25) is 4.79 Å². The highest BCUT2D eigenvalue weighted by molar-refractivity contribution is 7.09. The molecule has 0 bridgehead atoms. The first kappa shape index (κ1) is 16.4. The molecule has 0 unspecified atom stereocenters. The third kappa shape index (κ3) is 3.69. The van der Waals surface area contributed by atoms with Gasteiger partial charge in [0.2, 0.25) is 0 Å². The van der Waals surface area contributed by atoms with E-state index in [1.165, 1.54) is 0 Å². The van der Waals surface area contributed by atoms with E-state index in [0.29, 0.717) is 12.2 Å². The molecule has 0 radical (unpaired) electrons. The molecule has 0 atom stereocenters. The molecule has 0 saturated carbocycles. The number of aryl methyl sites for hydroxylation is 1. The molecule has 5 heteroatoms. The van der Waals surface area contributed by atoms with Crippen LogP contribution in [0.1, 0.15) is 20.9 Å². The van der Waals surface area contributed by atoms with E-state index in [4.69, 9.17) is 4.74 Å². The Balaban J connectivity index is 1.83. The second-order valence-electron chi connectivity index (χ2n) is 5.38. The van der Waals surface area contributed by atoms with Crippen molar-refractivity contribution in [3.05, 3.63) is 70.0 Å². The molecule has 1 amide bonds. The summed E-state index contributed by atoms with van der Waals surface area (Å²) in [5, 5.41) is 5.99. The molecule has 0 spiro atoms. The van der Waals surface area contributed by atoms with Gasteiger partial charge >= 0.3 is 0 Å². The van der Waals surface area contributed by atoms with E-state index in [2.05, 4.69) is 10.3 Å². The van der Waals surface area contributed by atoms with Gasteiger partial charge in [-0.15, -0.1) is 11.3 Å². The number of hydrogen-bond donors (Lipinski definition) is 1. The topological polar surface area (TPSA) is 51.2 Å². The van der Waals surface area contributed by atoms with Gasteiger partial charge in [-0.1, -0.05) is 30.3 Å². The summed E-state index contributed by atoms with van der Waals surface area (Å²) < 4.78 is 5.16. The summed E-state index contributed by atoms with van der Waals surface area (Å²) in [4.78, 5) is 17.1. The largest absolute Gasteiger partial charge is 0.380 e. The number of nitrogens with one attached hydrogen (secondary N) is 1. The van der Waals surface area contributed by atoms with Crippen LogP contribution in [0.25, 0.3) is 11.3 Å². The molecule has 1 aromatic heterocycles. The summed E-state index contributed by atoms with van der Waals surface area (Å²) in [5.41, 5.74) is 4.14. The van der Waals surface area contributed by atoms with Crippen molar-refractivity contribution in [3.8, 4) is 11.3 Å². The van der Waals surface area contributed by atoms with Crippen molar-refractivity contribution >= 4 is 22.9 Å². The summed E-state index contributed by atoms with van der Waals surface area (Å²) in [6, 6.07) is 15.2. The minimum atomic E-state index is -0.144. The molecule has 3 rings (SSSR count). The normalized spacial score (nSPS) is 10.6. The van der Waals surface area contributed by atoms with Gasteiger partial charge in [0.25, 0.3) is 5.91 Å². The number of anilines is 1. The van der Waals surface area contributed by atoms with Crippen molar-refractivity contribution in [1.82, 2.24) is 4.98 Å². The highest BCUT2D eigenvalue weighted by Gasteiger charge is 2.11. The third-order valence-corrected chi connectivity index (χ3v) is 4.37. The number of nitrogens with zero attached hydrogens (tertiary/aromatic N) is 1. The number of aromatic nitrogens is 1. The zero-order valence-electron chi connectivity index (χ0n) is 13.6. The molecule has 0 aliphatic rings. The lowest BCUT2D eigenvalue weighted by Crippen LogP contribution is -2.14. The smallest absolute Gasteiger partial charge is 0.256 e. The molecule has 4 nitrogen and oxygen atoms in total. The van der Waals surface area contributed by atoms with Gasteiger partial charge < -0.3 is 10.1 Å². The van der Waals surface area contributed by atoms with Gasteiger partial charge in [0, 0.05) is 29.3 Å². The molecule has 24 heavy (non-hydrogen) atoms. The maximum absolute atomic E-state index is 12.6. The van der Waals surface area contributed by atoms with Crippen molar-refractivity contribution in [2.24, 2.45) is 0 Å². The molecule has 2 aromatic carbocycles. The van der Waals surface area contributed by atoms with Crippen LogP contribution in [-0.4, -0.2) is 18.0 Å². The standard InChI is InChI=1S/C19H18N2O2S/c1-13-20-18(12-24-13)14-7-5-8-16(10-14)21-19(22)17-9-4-3-6-15(17)11-23-2/h3-10,12H,11H2,1-2H3,(H,21,22). The lowest BCUT2D eigenvalue weighted by Gasteiger charge is -2.10. The van der Waals surface area contributed by atoms with Gasteiger partial charge in [-0.25, -0.2) is 4.98 Å². The second-order valence-corrected chi connectivity index (χ2v) is 6.44. The van der Waals surface area contributed by atoms with Crippen molar-refractivity contribution in [1.29, 1.82) is 0 Å². The van der Waals surface area contributed by atoms with E-state index in [-0.39, 0.29) is 5.91 Å². The van der Waals surface area contributed by atoms with Crippen LogP contribution in [-0.2, 0) is 11.3 Å². The fourth-order valence-electron chi connectivity index (χ4n) is 2.47. The summed E-state index contributed by atoms with van der Waals surface area (Å²) >= 11 is 1.61. The van der Waals surface area contributed by atoms with E-state index < -0.39 is 0 Å². The van der Waals surface area contributed by atoms with Crippen LogP contribution in [0.4, 0.5) is 5.69 Å². The van der Waals surface area contributed by atoms with Gasteiger partial charge in [0.15, 0.2) is 0 Å².